The number of hydrogen-bond donors (Lipinski definition) is 1. The third-order valence-electron chi connectivity index (χ3n) is 3.43. The average Bonchev–Trinajstić information content (AvgIpc) is 3.17. The number of guanidine groups is 1. The molecule has 138 valence electrons. The molecular formula is C15H23N5O2S3. The van der Waals surface area contributed by atoms with Crippen LogP contribution in [0, 0.1) is 6.92 Å². The highest BCUT2D eigenvalue weighted by atomic mass is 32.2. The summed E-state index contributed by atoms with van der Waals surface area (Å²) in [5.41, 5.74) is 1.00. The van der Waals surface area contributed by atoms with Crippen molar-refractivity contribution in [2.75, 3.05) is 28.2 Å². The number of aryl methyl sites for hydroxylation is 1. The number of hydrogen-bond acceptors (Lipinski definition) is 6. The summed E-state index contributed by atoms with van der Waals surface area (Å²) in [6.07, 6.45) is 0. The minimum absolute atomic E-state index is 0.343. The molecule has 0 saturated carbocycles. The van der Waals surface area contributed by atoms with E-state index < -0.39 is 10.0 Å². The molecule has 0 amide bonds. The first-order valence-corrected chi connectivity index (χ1v) is 10.7. The molecule has 0 radical (unpaired) electrons. The maximum absolute atomic E-state index is 12.1. The highest BCUT2D eigenvalue weighted by Gasteiger charge is 2.19. The van der Waals surface area contributed by atoms with Crippen LogP contribution in [0.25, 0.3) is 0 Å². The topological polar surface area (TPSA) is 77.9 Å². The zero-order valence-corrected chi connectivity index (χ0v) is 17.4. The van der Waals surface area contributed by atoms with E-state index in [1.54, 1.807) is 24.5 Å². The normalized spacial score (nSPS) is 12.6. The summed E-state index contributed by atoms with van der Waals surface area (Å²) in [6.45, 7) is 3.16. The van der Waals surface area contributed by atoms with Crippen molar-refractivity contribution in [3.05, 3.63) is 33.1 Å². The van der Waals surface area contributed by atoms with Crippen molar-refractivity contribution in [3.8, 4) is 0 Å². The Morgan fingerprint density at radius 3 is 2.60 bits per heavy atom. The molecule has 10 heteroatoms. The van der Waals surface area contributed by atoms with Crippen molar-refractivity contribution in [2.45, 2.75) is 24.2 Å². The molecule has 0 fully saturated rings. The quantitative estimate of drug-likeness (QED) is 0.591. The number of nitrogens with one attached hydrogen (secondary N) is 1. The molecule has 0 aromatic carbocycles. The molecule has 2 aromatic heterocycles. The van der Waals surface area contributed by atoms with Gasteiger partial charge in [-0.3, -0.25) is 4.99 Å². The van der Waals surface area contributed by atoms with Gasteiger partial charge in [0.15, 0.2) is 5.96 Å². The van der Waals surface area contributed by atoms with Crippen molar-refractivity contribution in [1.82, 2.24) is 19.5 Å². The Morgan fingerprint density at radius 1 is 1.32 bits per heavy atom. The molecule has 0 bridgehead atoms. The summed E-state index contributed by atoms with van der Waals surface area (Å²) in [5, 5.41) is 6.34. The van der Waals surface area contributed by atoms with Crippen LogP contribution in [0.5, 0.6) is 0 Å². The van der Waals surface area contributed by atoms with E-state index in [9.17, 15) is 8.42 Å². The van der Waals surface area contributed by atoms with Crippen molar-refractivity contribution >= 4 is 38.7 Å². The molecule has 0 spiro atoms. The molecule has 2 aromatic rings. The lowest BCUT2D eigenvalue weighted by Crippen LogP contribution is -2.37. The predicted molar refractivity (Wildman–Crippen MR) is 104 cm³/mol. The number of aromatic nitrogens is 1. The third-order valence-corrected chi connectivity index (χ3v) is 7.62. The predicted octanol–water partition coefficient (Wildman–Crippen LogP) is 1.97. The van der Waals surface area contributed by atoms with Crippen LogP contribution in [0.4, 0.5) is 0 Å². The Labute approximate surface area is 157 Å². The van der Waals surface area contributed by atoms with E-state index in [0.717, 1.165) is 21.5 Å². The number of rotatable bonds is 6. The molecule has 0 atom stereocenters. The zero-order chi connectivity index (χ0) is 18.6. The Balaban J connectivity index is 1.98. The molecule has 0 aliphatic rings. The Hall–Kier alpha value is -1.49. The van der Waals surface area contributed by atoms with Gasteiger partial charge in [0.05, 0.1) is 23.8 Å². The summed E-state index contributed by atoms with van der Waals surface area (Å²) in [6, 6.07) is 3.46. The first-order valence-electron chi connectivity index (χ1n) is 7.58. The number of nitrogens with zero attached hydrogens (tertiary/aromatic N) is 4. The number of thiophene rings is 1. The summed E-state index contributed by atoms with van der Waals surface area (Å²) in [7, 11) is 3.35. The molecule has 2 rings (SSSR count). The second kappa shape index (κ2) is 8.26. The maximum atomic E-state index is 12.1. The van der Waals surface area contributed by atoms with Crippen LogP contribution in [-0.4, -0.2) is 56.8 Å². The van der Waals surface area contributed by atoms with Crippen LogP contribution in [0.2, 0.25) is 0 Å². The van der Waals surface area contributed by atoms with E-state index in [1.807, 2.05) is 30.3 Å². The molecule has 1 N–H and O–H groups in total. The largest absolute Gasteiger partial charge is 0.351 e. The van der Waals surface area contributed by atoms with E-state index in [-0.39, 0.29) is 0 Å². The van der Waals surface area contributed by atoms with Crippen molar-refractivity contribution in [1.29, 1.82) is 0 Å². The van der Waals surface area contributed by atoms with Crippen LogP contribution < -0.4 is 5.32 Å². The van der Waals surface area contributed by atoms with Crippen LogP contribution in [0.15, 0.2) is 26.7 Å². The fraction of sp³-hybridized carbons (Fsp3) is 0.467. The molecular weight excluding hydrogens is 378 g/mol. The molecule has 7 nitrogen and oxygen atoms in total. The van der Waals surface area contributed by atoms with Gasteiger partial charge >= 0.3 is 0 Å². The second-order valence-electron chi connectivity index (χ2n) is 5.62. The lowest BCUT2D eigenvalue weighted by atomic mass is 10.4. The van der Waals surface area contributed by atoms with Crippen molar-refractivity contribution in [3.63, 3.8) is 0 Å². The van der Waals surface area contributed by atoms with Crippen molar-refractivity contribution in [2.24, 2.45) is 4.99 Å². The lowest BCUT2D eigenvalue weighted by molar-refractivity contribution is 0.471. The maximum Gasteiger partial charge on any atom is 0.252 e. The van der Waals surface area contributed by atoms with Crippen molar-refractivity contribution < 1.29 is 8.42 Å². The number of thiazole rings is 1. The monoisotopic (exact) mass is 401 g/mol. The number of aliphatic imine (C=N–C) groups is 1. The van der Waals surface area contributed by atoms with Crippen LogP contribution in [-0.2, 0) is 23.1 Å². The van der Waals surface area contributed by atoms with Crippen LogP contribution in [0.1, 0.15) is 15.6 Å². The molecule has 25 heavy (non-hydrogen) atoms. The second-order valence-corrected chi connectivity index (χ2v) is 10.2. The van der Waals surface area contributed by atoms with Gasteiger partial charge in [0.25, 0.3) is 10.0 Å². The lowest BCUT2D eigenvalue weighted by Gasteiger charge is -2.20. The standard InChI is InChI=1S/C15H23N5O2S3/c1-11-18-12(10-23-11)9-20(5)15(16-2)17-8-13-6-7-14(24-13)25(21,22)19(3)4/h6-7,10H,8-9H2,1-5H3,(H,16,17). The Kier molecular flexibility index (Phi) is 6.55. The van der Waals surface area contributed by atoms with E-state index in [0.29, 0.717) is 17.3 Å². The fourth-order valence-electron chi connectivity index (χ4n) is 2.12. The van der Waals surface area contributed by atoms with Gasteiger partial charge < -0.3 is 10.2 Å². The fourth-order valence-corrected chi connectivity index (χ4v) is 5.19. The SMILES string of the molecule is CN=C(NCc1ccc(S(=O)(=O)N(C)C)s1)N(C)Cc1csc(C)n1. The van der Waals surface area contributed by atoms with E-state index in [1.165, 1.54) is 29.7 Å². The van der Waals surface area contributed by atoms with Gasteiger partial charge in [-0.25, -0.2) is 17.7 Å². The Morgan fingerprint density at radius 2 is 2.04 bits per heavy atom. The first kappa shape index (κ1) is 19.8. The smallest absolute Gasteiger partial charge is 0.252 e. The highest BCUT2D eigenvalue weighted by molar-refractivity contribution is 7.91. The van der Waals surface area contributed by atoms with E-state index in [4.69, 9.17) is 0 Å². The minimum Gasteiger partial charge on any atom is -0.351 e. The van der Waals surface area contributed by atoms with Gasteiger partial charge in [-0.05, 0) is 19.1 Å². The molecule has 0 unspecified atom stereocenters. The summed E-state index contributed by atoms with van der Waals surface area (Å²) in [4.78, 5) is 11.6. The summed E-state index contributed by atoms with van der Waals surface area (Å²) < 4.78 is 25.8. The third kappa shape index (κ3) is 5.00. The molecule has 0 aliphatic heterocycles. The first-order chi connectivity index (χ1) is 11.7. The van der Waals surface area contributed by atoms with Crippen LogP contribution >= 0.6 is 22.7 Å². The molecule has 2 heterocycles. The minimum atomic E-state index is -3.38. The Bertz CT molecular complexity index is 839. The van der Waals surface area contributed by atoms with E-state index in [2.05, 4.69) is 15.3 Å². The van der Waals surface area contributed by atoms with Gasteiger partial charge in [-0.1, -0.05) is 0 Å². The summed E-state index contributed by atoms with van der Waals surface area (Å²) >= 11 is 2.89. The molecule has 0 saturated heterocycles. The van der Waals surface area contributed by atoms with Crippen LogP contribution in [0.3, 0.4) is 0 Å². The zero-order valence-electron chi connectivity index (χ0n) is 15.0. The number of sulfonamides is 1. The van der Waals surface area contributed by atoms with Gasteiger partial charge in [-0.15, -0.1) is 22.7 Å². The van der Waals surface area contributed by atoms with E-state index >= 15 is 0 Å². The van der Waals surface area contributed by atoms with Gasteiger partial charge in [0, 0.05) is 38.4 Å². The average molecular weight is 402 g/mol. The van der Waals surface area contributed by atoms with Gasteiger partial charge in [0.1, 0.15) is 4.21 Å². The molecule has 0 aliphatic carbocycles. The summed E-state index contributed by atoms with van der Waals surface area (Å²) in [5.74, 6) is 0.732. The van der Waals surface area contributed by atoms with Gasteiger partial charge in [0.2, 0.25) is 0 Å². The van der Waals surface area contributed by atoms with Gasteiger partial charge in [-0.2, -0.15) is 0 Å². The highest BCUT2D eigenvalue weighted by Crippen LogP contribution is 2.23.